The van der Waals surface area contributed by atoms with Crippen LogP contribution in [0.2, 0.25) is 0 Å². The lowest BCUT2D eigenvalue weighted by Gasteiger charge is -2.24. The maximum absolute atomic E-state index is 3.84. The average molecular weight is 322 g/mol. The molecule has 0 aliphatic carbocycles. The summed E-state index contributed by atoms with van der Waals surface area (Å²) in [5.74, 6) is 1.25. The summed E-state index contributed by atoms with van der Waals surface area (Å²) in [7, 11) is 0. The molecule has 1 saturated heterocycles. The maximum Gasteiger partial charge on any atom is 0.0234 e. The van der Waals surface area contributed by atoms with Crippen molar-refractivity contribution in [3.05, 3.63) is 71.8 Å². The van der Waals surface area contributed by atoms with Crippen LogP contribution in [0.1, 0.15) is 37.3 Å². The second-order valence-electron chi connectivity index (χ2n) is 7.38. The van der Waals surface area contributed by atoms with E-state index in [9.17, 15) is 0 Å². The molecule has 1 heterocycles. The van der Waals surface area contributed by atoms with E-state index in [1.54, 1.807) is 0 Å². The van der Waals surface area contributed by atoms with Crippen LogP contribution < -0.4 is 5.32 Å². The fraction of sp³-hybridized carbons (Fsp3) is 0.455. The van der Waals surface area contributed by atoms with Gasteiger partial charge in [-0.2, -0.15) is 0 Å². The Bertz CT molecular complexity index is 594. The molecule has 24 heavy (non-hydrogen) atoms. The third-order valence-electron chi connectivity index (χ3n) is 5.18. The van der Waals surface area contributed by atoms with Gasteiger partial charge in [0, 0.05) is 32.2 Å². The molecule has 1 N–H and O–H groups in total. The number of rotatable bonds is 7. The van der Waals surface area contributed by atoms with Crippen LogP contribution in [0.15, 0.2) is 60.7 Å². The minimum atomic E-state index is 0.592. The Morgan fingerprint density at radius 2 is 1.67 bits per heavy atom. The van der Waals surface area contributed by atoms with Crippen LogP contribution in [0.25, 0.3) is 0 Å². The van der Waals surface area contributed by atoms with Crippen LogP contribution in [0, 0.1) is 5.92 Å². The van der Waals surface area contributed by atoms with Crippen molar-refractivity contribution >= 4 is 0 Å². The number of benzene rings is 2. The summed E-state index contributed by atoms with van der Waals surface area (Å²) in [6.07, 6.45) is 1.26. The predicted octanol–water partition coefficient (Wildman–Crippen LogP) is 4.29. The smallest absolute Gasteiger partial charge is 0.0234 e. The Balaban J connectivity index is 1.50. The van der Waals surface area contributed by atoms with Crippen molar-refractivity contribution in [3.63, 3.8) is 0 Å². The van der Waals surface area contributed by atoms with Gasteiger partial charge in [-0.05, 0) is 29.4 Å². The zero-order valence-corrected chi connectivity index (χ0v) is 15.0. The number of hydrogen-bond donors (Lipinski definition) is 1. The zero-order valence-electron chi connectivity index (χ0n) is 15.0. The third kappa shape index (κ3) is 4.68. The Labute approximate surface area is 146 Å². The highest BCUT2D eigenvalue weighted by Crippen LogP contribution is 2.24. The van der Waals surface area contributed by atoms with Gasteiger partial charge in [-0.1, -0.05) is 74.5 Å². The first-order valence-corrected chi connectivity index (χ1v) is 9.27. The van der Waals surface area contributed by atoms with Gasteiger partial charge in [-0.15, -0.1) is 0 Å². The summed E-state index contributed by atoms with van der Waals surface area (Å²) < 4.78 is 0. The molecule has 0 amide bonds. The molecular weight excluding hydrogens is 292 g/mol. The molecule has 128 valence electrons. The van der Waals surface area contributed by atoms with E-state index in [1.165, 1.54) is 24.1 Å². The van der Waals surface area contributed by atoms with Crippen LogP contribution in [-0.2, 0) is 6.54 Å². The van der Waals surface area contributed by atoms with Crippen molar-refractivity contribution in [2.24, 2.45) is 5.92 Å². The summed E-state index contributed by atoms with van der Waals surface area (Å²) in [4.78, 5) is 2.57. The lowest BCUT2D eigenvalue weighted by atomic mass is 9.88. The van der Waals surface area contributed by atoms with Gasteiger partial charge in [0.2, 0.25) is 0 Å². The fourth-order valence-electron chi connectivity index (χ4n) is 3.72. The predicted molar refractivity (Wildman–Crippen MR) is 102 cm³/mol. The summed E-state index contributed by atoms with van der Waals surface area (Å²) in [6.45, 7) is 9.17. The first-order chi connectivity index (χ1) is 11.7. The summed E-state index contributed by atoms with van der Waals surface area (Å²) >= 11 is 0. The van der Waals surface area contributed by atoms with Crippen molar-refractivity contribution < 1.29 is 0 Å². The van der Waals surface area contributed by atoms with Gasteiger partial charge in [-0.25, -0.2) is 0 Å². The molecule has 0 radical (unpaired) electrons. The summed E-state index contributed by atoms with van der Waals surface area (Å²) in [6, 6.07) is 22.4. The SMILES string of the molecule is CC(C)C(CNC1CCN(Cc2ccccc2)C1)c1ccccc1. The molecular formula is C22H30N2. The highest BCUT2D eigenvalue weighted by atomic mass is 15.2. The molecule has 0 spiro atoms. The first kappa shape index (κ1) is 17.2. The van der Waals surface area contributed by atoms with E-state index in [4.69, 9.17) is 0 Å². The second-order valence-corrected chi connectivity index (χ2v) is 7.38. The van der Waals surface area contributed by atoms with E-state index in [1.807, 2.05) is 0 Å². The molecule has 3 rings (SSSR count). The Hall–Kier alpha value is -1.64. The minimum absolute atomic E-state index is 0.592. The average Bonchev–Trinajstić information content (AvgIpc) is 3.04. The van der Waals surface area contributed by atoms with E-state index in [2.05, 4.69) is 84.7 Å². The number of likely N-dealkylation sites (tertiary alicyclic amines) is 1. The number of hydrogen-bond acceptors (Lipinski definition) is 2. The molecule has 2 nitrogen and oxygen atoms in total. The van der Waals surface area contributed by atoms with Crippen molar-refractivity contribution in [3.8, 4) is 0 Å². The Morgan fingerprint density at radius 1 is 1.00 bits per heavy atom. The van der Waals surface area contributed by atoms with E-state index in [-0.39, 0.29) is 0 Å². The Kier molecular flexibility index (Phi) is 6.06. The maximum atomic E-state index is 3.84. The van der Waals surface area contributed by atoms with Crippen molar-refractivity contribution in [2.45, 2.75) is 38.8 Å². The summed E-state index contributed by atoms with van der Waals surface area (Å²) in [5, 5.41) is 3.84. The van der Waals surface area contributed by atoms with Gasteiger partial charge in [0.15, 0.2) is 0 Å². The molecule has 2 unspecified atom stereocenters. The topological polar surface area (TPSA) is 15.3 Å². The highest BCUT2D eigenvalue weighted by molar-refractivity contribution is 5.20. The lowest BCUT2D eigenvalue weighted by molar-refractivity contribution is 0.317. The van der Waals surface area contributed by atoms with Crippen LogP contribution in [0.4, 0.5) is 0 Å². The highest BCUT2D eigenvalue weighted by Gasteiger charge is 2.24. The second kappa shape index (κ2) is 8.46. The van der Waals surface area contributed by atoms with Gasteiger partial charge < -0.3 is 5.32 Å². The molecule has 0 aromatic heterocycles. The van der Waals surface area contributed by atoms with Gasteiger partial charge in [0.1, 0.15) is 0 Å². The van der Waals surface area contributed by atoms with Crippen molar-refractivity contribution in [1.82, 2.24) is 10.2 Å². The quantitative estimate of drug-likeness (QED) is 0.818. The molecule has 2 aromatic carbocycles. The van der Waals surface area contributed by atoms with Crippen LogP contribution in [0.3, 0.4) is 0 Å². The van der Waals surface area contributed by atoms with Gasteiger partial charge in [-0.3, -0.25) is 4.90 Å². The monoisotopic (exact) mass is 322 g/mol. The molecule has 0 saturated carbocycles. The molecule has 1 aliphatic heterocycles. The number of nitrogens with zero attached hydrogens (tertiary/aromatic N) is 1. The first-order valence-electron chi connectivity index (χ1n) is 9.27. The largest absolute Gasteiger partial charge is 0.312 e. The standard InChI is InChI=1S/C22H30N2/c1-18(2)22(20-11-7-4-8-12-20)15-23-21-13-14-24(17-21)16-19-9-5-3-6-10-19/h3-12,18,21-23H,13-17H2,1-2H3. The van der Waals surface area contributed by atoms with E-state index in [0.29, 0.717) is 17.9 Å². The normalized spacial score (nSPS) is 19.7. The zero-order chi connectivity index (χ0) is 16.8. The molecule has 1 fully saturated rings. The van der Waals surface area contributed by atoms with Gasteiger partial charge in [0.25, 0.3) is 0 Å². The molecule has 2 atom stereocenters. The molecule has 1 aliphatic rings. The third-order valence-corrected chi connectivity index (χ3v) is 5.18. The van der Waals surface area contributed by atoms with Crippen LogP contribution in [-0.4, -0.2) is 30.6 Å². The fourth-order valence-corrected chi connectivity index (χ4v) is 3.72. The van der Waals surface area contributed by atoms with E-state index >= 15 is 0 Å². The molecule has 2 heteroatoms. The Morgan fingerprint density at radius 3 is 2.33 bits per heavy atom. The lowest BCUT2D eigenvalue weighted by Crippen LogP contribution is -2.36. The van der Waals surface area contributed by atoms with E-state index < -0.39 is 0 Å². The van der Waals surface area contributed by atoms with Gasteiger partial charge in [0.05, 0.1) is 0 Å². The molecule has 2 aromatic rings. The van der Waals surface area contributed by atoms with Crippen LogP contribution in [0.5, 0.6) is 0 Å². The summed E-state index contributed by atoms with van der Waals surface area (Å²) in [5.41, 5.74) is 2.88. The van der Waals surface area contributed by atoms with Crippen molar-refractivity contribution in [1.29, 1.82) is 0 Å². The van der Waals surface area contributed by atoms with Crippen molar-refractivity contribution in [2.75, 3.05) is 19.6 Å². The molecule has 0 bridgehead atoms. The minimum Gasteiger partial charge on any atom is -0.312 e. The van der Waals surface area contributed by atoms with E-state index in [0.717, 1.165) is 19.6 Å². The van der Waals surface area contributed by atoms with Crippen LogP contribution >= 0.6 is 0 Å². The number of nitrogens with one attached hydrogen (secondary N) is 1. The van der Waals surface area contributed by atoms with Gasteiger partial charge >= 0.3 is 0 Å².